The summed E-state index contributed by atoms with van der Waals surface area (Å²) in [5.41, 5.74) is 0.0888. The third-order valence-electron chi connectivity index (χ3n) is 2.91. The van der Waals surface area contributed by atoms with Gasteiger partial charge in [-0.3, -0.25) is 4.79 Å². The molecule has 0 aromatic heterocycles. The Hall–Kier alpha value is -2.28. The Balaban J connectivity index is 2.09. The van der Waals surface area contributed by atoms with Crippen molar-refractivity contribution in [2.75, 3.05) is 33.3 Å². The molecule has 0 saturated heterocycles. The van der Waals surface area contributed by atoms with Crippen LogP contribution >= 0.6 is 0 Å². The van der Waals surface area contributed by atoms with Crippen LogP contribution < -0.4 is 20.7 Å². The van der Waals surface area contributed by atoms with Crippen LogP contribution in [0.1, 0.15) is 31.1 Å². The minimum absolute atomic E-state index is 0.133. The second kappa shape index (κ2) is 9.77. The minimum Gasteiger partial charge on any atom is -0.497 e. The van der Waals surface area contributed by atoms with E-state index in [0.717, 1.165) is 0 Å². The molecular formula is C17H27N3O4. The van der Waals surface area contributed by atoms with Crippen molar-refractivity contribution in [1.82, 2.24) is 16.0 Å². The lowest BCUT2D eigenvalue weighted by molar-refractivity contribution is 0.0528. The second-order valence-electron chi connectivity index (χ2n) is 6.16. The molecule has 24 heavy (non-hydrogen) atoms. The third kappa shape index (κ3) is 8.38. The van der Waals surface area contributed by atoms with Gasteiger partial charge in [0, 0.05) is 31.7 Å². The predicted molar refractivity (Wildman–Crippen MR) is 92.4 cm³/mol. The minimum atomic E-state index is -0.497. The summed E-state index contributed by atoms with van der Waals surface area (Å²) in [5.74, 6) is 0.581. The number of nitrogens with one attached hydrogen (secondary N) is 3. The molecule has 2 amide bonds. The lowest BCUT2D eigenvalue weighted by Gasteiger charge is -2.19. The van der Waals surface area contributed by atoms with E-state index in [1.54, 1.807) is 31.4 Å². The first-order chi connectivity index (χ1) is 11.3. The fourth-order valence-corrected chi connectivity index (χ4v) is 1.80. The van der Waals surface area contributed by atoms with Crippen LogP contribution in [0.15, 0.2) is 24.3 Å². The summed E-state index contributed by atoms with van der Waals surface area (Å²) in [7, 11) is 1.58. The Bertz CT molecular complexity index is 524. The number of ether oxygens (including phenoxy) is 2. The maximum absolute atomic E-state index is 11.9. The first-order valence-electron chi connectivity index (χ1n) is 7.91. The van der Waals surface area contributed by atoms with Gasteiger partial charge in [-0.2, -0.15) is 0 Å². The highest BCUT2D eigenvalue weighted by Gasteiger charge is 2.15. The molecule has 3 N–H and O–H groups in total. The normalized spacial score (nSPS) is 10.8. The van der Waals surface area contributed by atoms with Crippen LogP contribution in [0.3, 0.4) is 0 Å². The quantitative estimate of drug-likeness (QED) is 0.626. The molecule has 0 radical (unpaired) electrons. The van der Waals surface area contributed by atoms with Gasteiger partial charge in [-0.1, -0.05) is 0 Å². The zero-order chi connectivity index (χ0) is 18.0. The maximum Gasteiger partial charge on any atom is 0.407 e. The molecule has 0 spiro atoms. The number of hydrogen-bond acceptors (Lipinski definition) is 5. The van der Waals surface area contributed by atoms with Gasteiger partial charge in [0.1, 0.15) is 11.4 Å². The van der Waals surface area contributed by atoms with Gasteiger partial charge in [0.25, 0.3) is 5.91 Å². The summed E-state index contributed by atoms with van der Waals surface area (Å²) < 4.78 is 10.2. The fourth-order valence-electron chi connectivity index (χ4n) is 1.80. The molecule has 0 aliphatic carbocycles. The number of carbonyl (C=O) groups excluding carboxylic acids is 2. The van der Waals surface area contributed by atoms with E-state index in [9.17, 15) is 9.59 Å². The van der Waals surface area contributed by atoms with Crippen molar-refractivity contribution in [3.63, 3.8) is 0 Å². The molecule has 134 valence electrons. The Morgan fingerprint density at radius 3 is 2.08 bits per heavy atom. The van der Waals surface area contributed by atoms with E-state index >= 15 is 0 Å². The van der Waals surface area contributed by atoms with Crippen molar-refractivity contribution in [2.24, 2.45) is 0 Å². The Kier molecular flexibility index (Phi) is 8.05. The molecule has 7 nitrogen and oxygen atoms in total. The van der Waals surface area contributed by atoms with E-state index in [1.165, 1.54) is 0 Å². The van der Waals surface area contributed by atoms with Crippen molar-refractivity contribution in [3.8, 4) is 5.75 Å². The smallest absolute Gasteiger partial charge is 0.407 e. The van der Waals surface area contributed by atoms with E-state index in [2.05, 4.69) is 16.0 Å². The number of methoxy groups -OCH3 is 1. The van der Waals surface area contributed by atoms with E-state index in [-0.39, 0.29) is 5.91 Å². The summed E-state index contributed by atoms with van der Waals surface area (Å²) in [6.07, 6.45) is -0.433. The molecule has 0 aliphatic heterocycles. The van der Waals surface area contributed by atoms with Gasteiger partial charge < -0.3 is 25.4 Å². The number of rotatable bonds is 8. The molecule has 1 aromatic carbocycles. The average Bonchev–Trinajstić information content (AvgIpc) is 2.52. The molecule has 1 rings (SSSR count). The zero-order valence-electron chi connectivity index (χ0n) is 14.8. The van der Waals surface area contributed by atoms with Crippen LogP contribution in [0, 0.1) is 0 Å². The summed E-state index contributed by atoms with van der Waals surface area (Å²) >= 11 is 0. The second-order valence-corrected chi connectivity index (χ2v) is 6.16. The standard InChI is InChI=1S/C17H27N3O4/c1-17(2,3)24-16(22)20-12-10-18-9-11-19-15(21)13-5-7-14(23-4)8-6-13/h5-8,18H,9-12H2,1-4H3,(H,19,21)(H,20,22). The van der Waals surface area contributed by atoms with E-state index in [0.29, 0.717) is 37.5 Å². The molecule has 0 heterocycles. The third-order valence-corrected chi connectivity index (χ3v) is 2.91. The molecule has 0 fully saturated rings. The van der Waals surface area contributed by atoms with Gasteiger partial charge in [0.15, 0.2) is 0 Å². The fraction of sp³-hybridized carbons (Fsp3) is 0.529. The van der Waals surface area contributed by atoms with E-state index < -0.39 is 11.7 Å². The van der Waals surface area contributed by atoms with Crippen LogP contribution in [0.25, 0.3) is 0 Å². The first kappa shape index (κ1) is 19.8. The van der Waals surface area contributed by atoms with Crippen LogP contribution in [0.2, 0.25) is 0 Å². The molecule has 7 heteroatoms. The van der Waals surface area contributed by atoms with E-state index in [1.807, 2.05) is 20.8 Å². The van der Waals surface area contributed by atoms with Gasteiger partial charge in [0.05, 0.1) is 7.11 Å². The van der Waals surface area contributed by atoms with Gasteiger partial charge >= 0.3 is 6.09 Å². The van der Waals surface area contributed by atoms with Crippen molar-refractivity contribution in [3.05, 3.63) is 29.8 Å². The SMILES string of the molecule is COc1ccc(C(=O)NCCNCCNC(=O)OC(C)(C)C)cc1. The lowest BCUT2D eigenvalue weighted by atomic mass is 10.2. The van der Waals surface area contributed by atoms with Crippen molar-refractivity contribution in [2.45, 2.75) is 26.4 Å². The van der Waals surface area contributed by atoms with Gasteiger partial charge in [-0.15, -0.1) is 0 Å². The average molecular weight is 337 g/mol. The Morgan fingerprint density at radius 1 is 0.958 bits per heavy atom. The topological polar surface area (TPSA) is 88.7 Å². The molecule has 0 saturated carbocycles. The predicted octanol–water partition coefficient (Wildman–Crippen LogP) is 1.54. The Labute approximate surface area is 143 Å². The van der Waals surface area contributed by atoms with Crippen molar-refractivity contribution in [1.29, 1.82) is 0 Å². The van der Waals surface area contributed by atoms with Crippen molar-refractivity contribution < 1.29 is 19.1 Å². The van der Waals surface area contributed by atoms with Gasteiger partial charge in [-0.25, -0.2) is 4.79 Å². The molecule has 1 aromatic rings. The summed E-state index contributed by atoms with van der Waals surface area (Å²) in [6.45, 7) is 7.61. The van der Waals surface area contributed by atoms with Crippen LogP contribution in [-0.2, 0) is 4.74 Å². The van der Waals surface area contributed by atoms with Gasteiger partial charge in [0.2, 0.25) is 0 Å². The van der Waals surface area contributed by atoms with Crippen LogP contribution in [0.4, 0.5) is 4.79 Å². The Morgan fingerprint density at radius 2 is 1.54 bits per heavy atom. The first-order valence-corrected chi connectivity index (χ1v) is 7.91. The molecular weight excluding hydrogens is 310 g/mol. The molecule has 0 atom stereocenters. The molecule has 0 unspecified atom stereocenters. The van der Waals surface area contributed by atoms with Gasteiger partial charge in [-0.05, 0) is 45.0 Å². The monoisotopic (exact) mass is 337 g/mol. The summed E-state index contributed by atoms with van der Waals surface area (Å²) in [6, 6.07) is 6.92. The largest absolute Gasteiger partial charge is 0.497 e. The maximum atomic E-state index is 11.9. The highest BCUT2D eigenvalue weighted by atomic mass is 16.6. The number of alkyl carbamates (subject to hydrolysis) is 1. The summed E-state index contributed by atoms with van der Waals surface area (Å²) in [5, 5.41) is 8.59. The zero-order valence-corrected chi connectivity index (χ0v) is 14.8. The van der Waals surface area contributed by atoms with E-state index in [4.69, 9.17) is 9.47 Å². The molecule has 0 aliphatic rings. The van der Waals surface area contributed by atoms with Crippen molar-refractivity contribution >= 4 is 12.0 Å². The number of amides is 2. The molecule has 0 bridgehead atoms. The number of hydrogen-bond donors (Lipinski definition) is 3. The highest BCUT2D eigenvalue weighted by molar-refractivity contribution is 5.94. The summed E-state index contributed by atoms with van der Waals surface area (Å²) in [4.78, 5) is 23.3. The lowest BCUT2D eigenvalue weighted by Crippen LogP contribution is -2.38. The number of carbonyl (C=O) groups is 2. The highest BCUT2D eigenvalue weighted by Crippen LogP contribution is 2.10. The number of benzene rings is 1. The van der Waals surface area contributed by atoms with Crippen LogP contribution in [-0.4, -0.2) is 50.9 Å². The van der Waals surface area contributed by atoms with Crippen LogP contribution in [0.5, 0.6) is 5.75 Å².